The number of sulfonamides is 1. The van der Waals surface area contributed by atoms with Crippen LogP contribution in [0, 0.1) is 0 Å². The van der Waals surface area contributed by atoms with Gasteiger partial charge in [-0.25, -0.2) is 12.7 Å². The minimum atomic E-state index is -3.31. The van der Waals surface area contributed by atoms with Gasteiger partial charge in [-0.1, -0.05) is 0 Å². The summed E-state index contributed by atoms with van der Waals surface area (Å²) in [5.74, 6) is -0.465. The SMILES string of the molecule is CC(C)n1cc(N)cc1C(=O)NCCS(=O)(=O)N(C)C. The first kappa shape index (κ1) is 16.5. The third-order valence-corrected chi connectivity index (χ3v) is 4.69. The molecule has 0 fully saturated rings. The fourth-order valence-corrected chi connectivity index (χ4v) is 2.40. The molecule has 0 aromatic carbocycles. The third-order valence-electron chi connectivity index (χ3n) is 2.86. The van der Waals surface area contributed by atoms with Crippen molar-refractivity contribution in [3.63, 3.8) is 0 Å². The summed E-state index contributed by atoms with van der Waals surface area (Å²) in [6, 6.07) is 1.68. The van der Waals surface area contributed by atoms with Crippen LogP contribution in [0.25, 0.3) is 0 Å². The predicted octanol–water partition coefficient (Wildman–Crippen LogP) is 0.272. The molecule has 3 N–H and O–H groups in total. The van der Waals surface area contributed by atoms with Crippen LogP contribution in [-0.2, 0) is 10.0 Å². The second kappa shape index (κ2) is 6.27. The molecule has 0 aliphatic heterocycles. The minimum absolute atomic E-state index is 0.0581. The van der Waals surface area contributed by atoms with Crippen molar-refractivity contribution in [2.24, 2.45) is 0 Å². The number of rotatable bonds is 6. The van der Waals surface area contributed by atoms with Gasteiger partial charge >= 0.3 is 0 Å². The molecule has 1 heterocycles. The van der Waals surface area contributed by atoms with Gasteiger partial charge in [-0.3, -0.25) is 4.79 Å². The summed E-state index contributed by atoms with van der Waals surface area (Å²) >= 11 is 0. The molecular weight excluding hydrogens is 280 g/mol. The number of nitrogen functional groups attached to an aromatic ring is 1. The lowest BCUT2D eigenvalue weighted by Gasteiger charge is -2.14. The highest BCUT2D eigenvalue weighted by atomic mass is 32.2. The Hall–Kier alpha value is -1.54. The number of nitrogens with zero attached hydrogens (tertiary/aromatic N) is 2. The van der Waals surface area contributed by atoms with Gasteiger partial charge in [-0.15, -0.1) is 0 Å². The topological polar surface area (TPSA) is 97.4 Å². The summed E-state index contributed by atoms with van der Waals surface area (Å²) in [5, 5.41) is 2.60. The van der Waals surface area contributed by atoms with E-state index in [1.165, 1.54) is 14.1 Å². The fourth-order valence-electron chi connectivity index (χ4n) is 1.68. The van der Waals surface area contributed by atoms with Crippen molar-refractivity contribution >= 4 is 21.6 Å². The van der Waals surface area contributed by atoms with E-state index in [9.17, 15) is 13.2 Å². The van der Waals surface area contributed by atoms with Gasteiger partial charge in [0.2, 0.25) is 10.0 Å². The summed E-state index contributed by atoms with van der Waals surface area (Å²) in [7, 11) is -0.390. The van der Waals surface area contributed by atoms with E-state index < -0.39 is 10.0 Å². The highest BCUT2D eigenvalue weighted by Gasteiger charge is 2.17. The largest absolute Gasteiger partial charge is 0.397 e. The first-order valence-corrected chi connectivity index (χ1v) is 7.92. The van der Waals surface area contributed by atoms with E-state index in [0.29, 0.717) is 11.4 Å². The highest BCUT2D eigenvalue weighted by molar-refractivity contribution is 7.89. The van der Waals surface area contributed by atoms with Gasteiger partial charge in [-0.2, -0.15) is 0 Å². The zero-order valence-electron chi connectivity index (χ0n) is 12.3. The van der Waals surface area contributed by atoms with Crippen LogP contribution in [0.2, 0.25) is 0 Å². The molecule has 0 spiro atoms. The predicted molar refractivity (Wildman–Crippen MR) is 79.0 cm³/mol. The molecule has 8 heteroatoms. The molecule has 1 aromatic heterocycles. The Morgan fingerprint density at radius 2 is 2.05 bits per heavy atom. The molecule has 1 rings (SSSR count). The molecule has 0 unspecified atom stereocenters. The summed E-state index contributed by atoms with van der Waals surface area (Å²) in [6.07, 6.45) is 1.69. The maximum atomic E-state index is 12.0. The molecule has 7 nitrogen and oxygen atoms in total. The molecule has 0 saturated heterocycles. The summed E-state index contributed by atoms with van der Waals surface area (Å²) in [4.78, 5) is 12.0. The zero-order valence-corrected chi connectivity index (χ0v) is 13.1. The van der Waals surface area contributed by atoms with Crippen LogP contribution in [-0.4, -0.2) is 49.6 Å². The van der Waals surface area contributed by atoms with Crippen LogP contribution in [0.15, 0.2) is 12.3 Å². The van der Waals surface area contributed by atoms with Crippen LogP contribution in [0.1, 0.15) is 30.4 Å². The average molecular weight is 302 g/mol. The second-order valence-corrected chi connectivity index (χ2v) is 7.32. The van der Waals surface area contributed by atoms with Crippen LogP contribution in [0.4, 0.5) is 5.69 Å². The van der Waals surface area contributed by atoms with E-state index in [0.717, 1.165) is 4.31 Å². The van der Waals surface area contributed by atoms with Crippen LogP contribution >= 0.6 is 0 Å². The Bertz CT molecular complexity index is 576. The van der Waals surface area contributed by atoms with Crippen molar-refractivity contribution in [2.45, 2.75) is 19.9 Å². The van der Waals surface area contributed by atoms with Crippen molar-refractivity contribution in [3.8, 4) is 0 Å². The van der Waals surface area contributed by atoms with Gasteiger partial charge in [0, 0.05) is 32.9 Å². The van der Waals surface area contributed by atoms with Gasteiger partial charge in [0.25, 0.3) is 5.91 Å². The van der Waals surface area contributed by atoms with E-state index in [4.69, 9.17) is 5.73 Å². The number of nitrogens with one attached hydrogen (secondary N) is 1. The maximum Gasteiger partial charge on any atom is 0.268 e. The summed E-state index contributed by atoms with van der Waals surface area (Å²) in [6.45, 7) is 3.93. The fraction of sp³-hybridized carbons (Fsp3) is 0.583. The lowest BCUT2D eigenvalue weighted by molar-refractivity contribution is 0.0945. The number of hydrogen-bond acceptors (Lipinski definition) is 4. The van der Waals surface area contributed by atoms with Gasteiger partial charge in [0.1, 0.15) is 5.69 Å². The molecule has 114 valence electrons. The Morgan fingerprint density at radius 1 is 1.45 bits per heavy atom. The monoisotopic (exact) mass is 302 g/mol. The van der Waals surface area contributed by atoms with Crippen LogP contribution in [0.3, 0.4) is 0 Å². The smallest absolute Gasteiger partial charge is 0.268 e. The molecule has 0 aliphatic rings. The summed E-state index contributed by atoms with van der Waals surface area (Å²) in [5.41, 5.74) is 6.62. The molecule has 1 aromatic rings. The zero-order chi connectivity index (χ0) is 15.5. The molecule has 0 bridgehead atoms. The number of carbonyl (C=O) groups is 1. The van der Waals surface area contributed by atoms with Gasteiger partial charge in [-0.05, 0) is 19.9 Å². The molecular formula is C12H22N4O3S. The second-order valence-electron chi connectivity index (χ2n) is 5.01. The number of aromatic nitrogens is 1. The van der Waals surface area contributed by atoms with E-state index >= 15 is 0 Å². The van der Waals surface area contributed by atoms with Crippen molar-refractivity contribution in [1.29, 1.82) is 0 Å². The van der Waals surface area contributed by atoms with Crippen molar-refractivity contribution < 1.29 is 13.2 Å². The molecule has 0 saturated carbocycles. The number of hydrogen-bond donors (Lipinski definition) is 2. The van der Waals surface area contributed by atoms with Crippen molar-refractivity contribution in [3.05, 3.63) is 18.0 Å². The van der Waals surface area contributed by atoms with E-state index in [-0.39, 0.29) is 24.2 Å². The Morgan fingerprint density at radius 3 is 2.55 bits per heavy atom. The molecule has 1 amide bonds. The number of carbonyl (C=O) groups excluding carboxylic acids is 1. The van der Waals surface area contributed by atoms with Crippen molar-refractivity contribution in [2.75, 3.05) is 32.1 Å². The van der Waals surface area contributed by atoms with E-state index in [1.807, 2.05) is 13.8 Å². The Balaban J connectivity index is 2.69. The van der Waals surface area contributed by atoms with E-state index in [1.54, 1.807) is 16.8 Å². The maximum absolute atomic E-state index is 12.0. The van der Waals surface area contributed by atoms with Crippen LogP contribution < -0.4 is 11.1 Å². The van der Waals surface area contributed by atoms with Crippen molar-refractivity contribution in [1.82, 2.24) is 14.2 Å². The number of anilines is 1. The Kier molecular flexibility index (Phi) is 5.18. The average Bonchev–Trinajstić information content (AvgIpc) is 2.71. The highest BCUT2D eigenvalue weighted by Crippen LogP contribution is 2.16. The van der Waals surface area contributed by atoms with Gasteiger partial charge in [0.15, 0.2) is 0 Å². The molecule has 0 radical (unpaired) electrons. The minimum Gasteiger partial charge on any atom is -0.397 e. The standard InChI is InChI=1S/C12H22N4O3S/c1-9(2)16-8-10(13)7-11(16)12(17)14-5-6-20(18,19)15(3)4/h7-9H,5-6,13H2,1-4H3,(H,14,17). The van der Waals surface area contributed by atoms with E-state index in [2.05, 4.69) is 5.32 Å². The van der Waals surface area contributed by atoms with Crippen LogP contribution in [0.5, 0.6) is 0 Å². The quantitative estimate of drug-likeness (QED) is 0.788. The lowest BCUT2D eigenvalue weighted by atomic mass is 10.3. The van der Waals surface area contributed by atoms with Gasteiger partial charge in [0.05, 0.1) is 11.4 Å². The normalized spacial score (nSPS) is 12.1. The Labute approximate surface area is 119 Å². The molecule has 0 atom stereocenters. The lowest BCUT2D eigenvalue weighted by Crippen LogP contribution is -2.34. The molecule has 0 aliphatic carbocycles. The van der Waals surface area contributed by atoms with Gasteiger partial charge < -0.3 is 15.6 Å². The number of nitrogens with two attached hydrogens (primary N) is 1. The first-order chi connectivity index (χ1) is 9.15. The third kappa shape index (κ3) is 3.97. The number of amides is 1. The summed E-state index contributed by atoms with van der Waals surface area (Å²) < 4.78 is 26.0. The molecule has 20 heavy (non-hydrogen) atoms. The first-order valence-electron chi connectivity index (χ1n) is 6.31.